The van der Waals surface area contributed by atoms with Crippen LogP contribution in [0.15, 0.2) is 41.5 Å². The highest BCUT2D eigenvalue weighted by atomic mass is 16.7. The highest BCUT2D eigenvalue weighted by molar-refractivity contribution is 6.05. The number of nitrogens with zero attached hydrogens (tertiary/aromatic N) is 3. The molecule has 36 heavy (non-hydrogen) atoms. The number of rotatable bonds is 6. The molecule has 2 saturated heterocycles. The second-order valence-corrected chi connectivity index (χ2v) is 9.81. The molecule has 0 saturated carbocycles. The summed E-state index contributed by atoms with van der Waals surface area (Å²) in [4.78, 5) is 15.9. The van der Waals surface area contributed by atoms with E-state index >= 15 is 0 Å². The van der Waals surface area contributed by atoms with Crippen molar-refractivity contribution in [1.82, 2.24) is 9.91 Å². The predicted octanol–water partition coefficient (Wildman–Crippen LogP) is 3.84. The number of aryl methyl sites for hydroxylation is 2. The van der Waals surface area contributed by atoms with Crippen LogP contribution in [0.5, 0.6) is 11.5 Å². The van der Waals surface area contributed by atoms with E-state index in [1.807, 2.05) is 18.2 Å². The Labute approximate surface area is 212 Å². The van der Waals surface area contributed by atoms with Crippen LogP contribution in [0.25, 0.3) is 0 Å². The molecule has 3 aliphatic rings. The van der Waals surface area contributed by atoms with Crippen LogP contribution in [0.1, 0.15) is 47.6 Å². The Morgan fingerprint density at radius 1 is 1.06 bits per heavy atom. The molecule has 2 aromatic rings. The predicted molar refractivity (Wildman–Crippen MR) is 137 cm³/mol. The van der Waals surface area contributed by atoms with Crippen molar-refractivity contribution in [2.24, 2.45) is 5.10 Å². The van der Waals surface area contributed by atoms with Crippen molar-refractivity contribution in [3.05, 3.63) is 58.7 Å². The Bertz CT molecular complexity index is 1150. The molecular weight excluding hydrogens is 458 g/mol. The van der Waals surface area contributed by atoms with E-state index in [0.717, 1.165) is 48.3 Å². The lowest BCUT2D eigenvalue weighted by atomic mass is 9.94. The van der Waals surface area contributed by atoms with E-state index in [4.69, 9.17) is 24.0 Å². The Balaban J connectivity index is 1.40. The molecule has 1 atom stereocenters. The molecule has 1 spiro atoms. The summed E-state index contributed by atoms with van der Waals surface area (Å²) in [5.74, 6) is 0.933. The normalized spacial score (nSPS) is 21.6. The number of methoxy groups -OCH3 is 2. The maximum Gasteiger partial charge on any atom is 0.257 e. The van der Waals surface area contributed by atoms with Crippen LogP contribution in [-0.2, 0) is 14.3 Å². The fourth-order valence-corrected chi connectivity index (χ4v) is 5.48. The number of carbonyl (C=O) groups is 1. The molecule has 8 nitrogen and oxygen atoms in total. The molecule has 192 valence electrons. The molecule has 0 aliphatic carbocycles. The van der Waals surface area contributed by atoms with Crippen molar-refractivity contribution in [1.29, 1.82) is 0 Å². The van der Waals surface area contributed by atoms with Crippen molar-refractivity contribution in [2.75, 3.05) is 47.1 Å². The third kappa shape index (κ3) is 4.85. The molecule has 1 amide bonds. The quantitative estimate of drug-likeness (QED) is 0.609. The molecular formula is C28H35N3O5. The lowest BCUT2D eigenvalue weighted by Crippen LogP contribution is -2.48. The zero-order valence-electron chi connectivity index (χ0n) is 21.6. The molecule has 5 rings (SSSR count). The average molecular weight is 494 g/mol. The summed E-state index contributed by atoms with van der Waals surface area (Å²) < 4.78 is 22.7. The summed E-state index contributed by atoms with van der Waals surface area (Å²) in [5, 5.41) is 6.57. The zero-order valence-corrected chi connectivity index (χ0v) is 21.6. The SMILES string of the molecule is COc1ccc(C2=NN(C(=O)CN3CCC4(CC3)OCCO4)C(c3ccc(C)cc3C)C2)c(OC)c1. The largest absolute Gasteiger partial charge is 0.497 e. The van der Waals surface area contributed by atoms with Gasteiger partial charge in [0.05, 0.1) is 45.7 Å². The average Bonchev–Trinajstić information content (AvgIpc) is 3.53. The minimum absolute atomic E-state index is 0.00772. The summed E-state index contributed by atoms with van der Waals surface area (Å²) in [7, 11) is 3.27. The van der Waals surface area contributed by atoms with Crippen molar-refractivity contribution in [2.45, 2.75) is 44.9 Å². The van der Waals surface area contributed by atoms with E-state index in [-0.39, 0.29) is 11.9 Å². The van der Waals surface area contributed by atoms with Gasteiger partial charge in [-0.2, -0.15) is 5.10 Å². The van der Waals surface area contributed by atoms with Gasteiger partial charge in [0, 0.05) is 44.0 Å². The van der Waals surface area contributed by atoms with Crippen LogP contribution < -0.4 is 9.47 Å². The smallest absolute Gasteiger partial charge is 0.257 e. The number of likely N-dealkylation sites (tertiary alicyclic amines) is 1. The van der Waals surface area contributed by atoms with E-state index < -0.39 is 5.79 Å². The van der Waals surface area contributed by atoms with Crippen molar-refractivity contribution in [3.8, 4) is 11.5 Å². The number of amides is 1. The number of benzene rings is 2. The van der Waals surface area contributed by atoms with Crippen LogP contribution >= 0.6 is 0 Å². The van der Waals surface area contributed by atoms with Gasteiger partial charge in [-0.25, -0.2) is 5.01 Å². The number of hydrazone groups is 1. The van der Waals surface area contributed by atoms with Gasteiger partial charge in [0.2, 0.25) is 0 Å². The molecule has 0 N–H and O–H groups in total. The Morgan fingerprint density at radius 2 is 1.81 bits per heavy atom. The van der Waals surface area contributed by atoms with Crippen molar-refractivity contribution < 1.29 is 23.7 Å². The first kappa shape index (κ1) is 24.7. The van der Waals surface area contributed by atoms with Gasteiger partial charge in [-0.3, -0.25) is 9.69 Å². The van der Waals surface area contributed by atoms with Crippen LogP contribution in [0, 0.1) is 13.8 Å². The number of ether oxygens (including phenoxy) is 4. The summed E-state index contributed by atoms with van der Waals surface area (Å²) in [5.41, 5.74) is 5.18. The molecule has 2 fully saturated rings. The van der Waals surface area contributed by atoms with E-state index in [1.165, 1.54) is 5.56 Å². The molecule has 3 heterocycles. The molecule has 1 unspecified atom stereocenters. The minimum Gasteiger partial charge on any atom is -0.497 e. The number of hydrogen-bond acceptors (Lipinski definition) is 7. The molecule has 0 radical (unpaired) electrons. The van der Waals surface area contributed by atoms with Gasteiger partial charge in [0.1, 0.15) is 11.5 Å². The van der Waals surface area contributed by atoms with Crippen LogP contribution in [-0.4, -0.2) is 74.4 Å². The van der Waals surface area contributed by atoms with Crippen LogP contribution in [0.3, 0.4) is 0 Å². The van der Waals surface area contributed by atoms with Crippen molar-refractivity contribution in [3.63, 3.8) is 0 Å². The fraction of sp³-hybridized carbons (Fsp3) is 0.500. The summed E-state index contributed by atoms with van der Waals surface area (Å²) in [6.45, 7) is 7.32. The standard InChI is InChI=1S/C28H35N3O5/c1-19-5-7-22(20(2)15-19)25-17-24(23-8-6-21(33-3)16-26(23)34-4)29-31(25)27(32)18-30-11-9-28(10-12-30)35-13-14-36-28/h5-8,15-16,25H,9-14,17-18H2,1-4H3. The lowest BCUT2D eigenvalue weighted by molar-refractivity contribution is -0.186. The molecule has 2 aromatic carbocycles. The first-order chi connectivity index (χ1) is 17.4. The molecule has 3 aliphatic heterocycles. The van der Waals surface area contributed by atoms with E-state index in [1.54, 1.807) is 19.2 Å². The minimum atomic E-state index is -0.453. The van der Waals surface area contributed by atoms with Gasteiger partial charge in [0.25, 0.3) is 5.91 Å². The number of piperidine rings is 1. The summed E-state index contributed by atoms with van der Waals surface area (Å²) in [6, 6.07) is 11.9. The maximum atomic E-state index is 13.7. The van der Waals surface area contributed by atoms with Gasteiger partial charge in [-0.15, -0.1) is 0 Å². The van der Waals surface area contributed by atoms with Gasteiger partial charge in [-0.1, -0.05) is 23.8 Å². The first-order valence-corrected chi connectivity index (χ1v) is 12.6. The monoisotopic (exact) mass is 493 g/mol. The van der Waals surface area contributed by atoms with Crippen LogP contribution in [0.4, 0.5) is 0 Å². The second-order valence-electron chi connectivity index (χ2n) is 9.81. The van der Waals surface area contributed by atoms with E-state index in [9.17, 15) is 4.79 Å². The van der Waals surface area contributed by atoms with E-state index in [2.05, 4.69) is 36.9 Å². The molecule has 0 bridgehead atoms. The third-order valence-corrected chi connectivity index (χ3v) is 7.46. The topological polar surface area (TPSA) is 72.8 Å². The molecule has 8 heteroatoms. The third-order valence-electron chi connectivity index (χ3n) is 7.46. The van der Waals surface area contributed by atoms with Gasteiger partial charge in [0.15, 0.2) is 5.79 Å². The Hall–Kier alpha value is -2.94. The van der Waals surface area contributed by atoms with Crippen LogP contribution in [0.2, 0.25) is 0 Å². The van der Waals surface area contributed by atoms with Gasteiger partial charge < -0.3 is 18.9 Å². The van der Waals surface area contributed by atoms with Crippen molar-refractivity contribution >= 4 is 11.6 Å². The fourth-order valence-electron chi connectivity index (χ4n) is 5.48. The summed E-state index contributed by atoms with van der Waals surface area (Å²) >= 11 is 0. The van der Waals surface area contributed by atoms with Gasteiger partial charge >= 0.3 is 0 Å². The Kier molecular flexibility index (Phi) is 7.01. The number of carbonyl (C=O) groups excluding carboxylic acids is 1. The van der Waals surface area contributed by atoms with E-state index in [0.29, 0.717) is 37.7 Å². The first-order valence-electron chi connectivity index (χ1n) is 12.6. The van der Waals surface area contributed by atoms with Gasteiger partial charge in [-0.05, 0) is 37.1 Å². The number of hydrogen-bond donors (Lipinski definition) is 0. The Morgan fingerprint density at radius 3 is 2.47 bits per heavy atom. The summed E-state index contributed by atoms with van der Waals surface area (Å²) in [6.07, 6.45) is 2.17. The zero-order chi connectivity index (χ0) is 25.3. The molecule has 0 aromatic heterocycles. The lowest BCUT2D eigenvalue weighted by Gasteiger charge is -2.37. The second kappa shape index (κ2) is 10.2. The highest BCUT2D eigenvalue weighted by Gasteiger charge is 2.41. The highest BCUT2D eigenvalue weighted by Crippen LogP contribution is 2.38. The maximum absolute atomic E-state index is 13.7.